The third kappa shape index (κ3) is 3.78. The minimum Gasteiger partial charge on any atom is -0.381 e. The van der Waals surface area contributed by atoms with E-state index in [1.807, 2.05) is 0 Å². The van der Waals surface area contributed by atoms with Crippen molar-refractivity contribution in [1.82, 2.24) is 0 Å². The van der Waals surface area contributed by atoms with Crippen molar-refractivity contribution in [3.63, 3.8) is 0 Å². The van der Waals surface area contributed by atoms with Crippen LogP contribution >= 0.6 is 0 Å². The van der Waals surface area contributed by atoms with E-state index in [0.717, 1.165) is 12.1 Å². The molecule has 0 heterocycles. The summed E-state index contributed by atoms with van der Waals surface area (Å²) in [4.78, 5) is 0.362. The van der Waals surface area contributed by atoms with Gasteiger partial charge in [0.05, 0.1) is 10.6 Å². The summed E-state index contributed by atoms with van der Waals surface area (Å²) in [6, 6.07) is 7.04. The molecule has 0 saturated carbocycles. The molecular weight excluding hydrogens is 246 g/mol. The van der Waals surface area contributed by atoms with Gasteiger partial charge in [0.25, 0.3) is 0 Å². The fourth-order valence-corrected chi connectivity index (χ4v) is 2.48. The standard InChI is InChI=1S/C14H19NO2S/c1-4-7-12(5-2)15-13-8-10-14(11-9-13)18(16,17)6-3/h1,8-12,15H,5-7H2,2-3H3. The highest BCUT2D eigenvalue weighted by molar-refractivity contribution is 7.91. The Balaban J connectivity index is 2.81. The maximum Gasteiger partial charge on any atom is 0.178 e. The van der Waals surface area contributed by atoms with E-state index in [9.17, 15) is 8.42 Å². The Hall–Kier alpha value is -1.47. The Morgan fingerprint density at radius 2 is 1.89 bits per heavy atom. The summed E-state index contributed by atoms with van der Waals surface area (Å²) in [6.07, 6.45) is 6.88. The molecule has 98 valence electrons. The zero-order chi connectivity index (χ0) is 13.6. The maximum atomic E-state index is 11.6. The van der Waals surface area contributed by atoms with E-state index < -0.39 is 9.84 Å². The molecule has 4 heteroatoms. The van der Waals surface area contributed by atoms with Crippen molar-refractivity contribution in [3.05, 3.63) is 24.3 Å². The number of hydrogen-bond donors (Lipinski definition) is 1. The van der Waals surface area contributed by atoms with Crippen molar-refractivity contribution in [1.29, 1.82) is 0 Å². The predicted molar refractivity (Wildman–Crippen MR) is 75.3 cm³/mol. The largest absolute Gasteiger partial charge is 0.381 e. The van der Waals surface area contributed by atoms with Crippen LogP contribution in [-0.2, 0) is 9.84 Å². The van der Waals surface area contributed by atoms with Crippen LogP contribution in [0, 0.1) is 12.3 Å². The average molecular weight is 265 g/mol. The van der Waals surface area contributed by atoms with Gasteiger partial charge in [0.2, 0.25) is 0 Å². The molecule has 1 N–H and O–H groups in total. The molecule has 3 nitrogen and oxygen atoms in total. The van der Waals surface area contributed by atoms with Crippen LogP contribution in [0.15, 0.2) is 29.2 Å². The zero-order valence-corrected chi connectivity index (χ0v) is 11.6. The quantitative estimate of drug-likeness (QED) is 0.804. The molecule has 0 aliphatic rings. The van der Waals surface area contributed by atoms with Gasteiger partial charge in [-0.2, -0.15) is 0 Å². The van der Waals surface area contributed by atoms with Crippen LogP contribution in [0.3, 0.4) is 0 Å². The molecule has 1 aromatic carbocycles. The van der Waals surface area contributed by atoms with E-state index in [1.54, 1.807) is 31.2 Å². The molecule has 0 spiro atoms. The third-order valence-corrected chi connectivity index (χ3v) is 4.57. The minimum absolute atomic E-state index is 0.119. The highest BCUT2D eigenvalue weighted by Crippen LogP contribution is 2.17. The first-order chi connectivity index (χ1) is 8.53. The third-order valence-electron chi connectivity index (χ3n) is 2.82. The molecule has 0 aromatic heterocycles. The van der Waals surface area contributed by atoms with Crippen LogP contribution in [0.2, 0.25) is 0 Å². The zero-order valence-electron chi connectivity index (χ0n) is 10.8. The minimum atomic E-state index is -3.12. The second-order valence-corrected chi connectivity index (χ2v) is 6.36. The summed E-state index contributed by atoms with van der Waals surface area (Å²) in [5, 5.41) is 3.29. The lowest BCUT2D eigenvalue weighted by atomic mass is 10.1. The molecule has 0 aliphatic carbocycles. The van der Waals surface area contributed by atoms with Crippen LogP contribution in [0.1, 0.15) is 26.7 Å². The SMILES string of the molecule is C#CCC(CC)Nc1ccc(S(=O)(=O)CC)cc1. The van der Waals surface area contributed by atoms with Crippen LogP contribution in [0.25, 0.3) is 0 Å². The first kappa shape index (κ1) is 14.6. The van der Waals surface area contributed by atoms with E-state index in [0.29, 0.717) is 11.3 Å². The molecule has 1 atom stereocenters. The van der Waals surface area contributed by atoms with E-state index in [1.165, 1.54) is 0 Å². The Morgan fingerprint density at radius 1 is 1.28 bits per heavy atom. The van der Waals surface area contributed by atoms with Crippen LogP contribution in [0.5, 0.6) is 0 Å². The lowest BCUT2D eigenvalue weighted by Crippen LogP contribution is -2.17. The van der Waals surface area contributed by atoms with Gasteiger partial charge < -0.3 is 5.32 Å². The molecule has 1 unspecified atom stereocenters. The Labute approximate surface area is 110 Å². The molecule has 0 bridgehead atoms. The van der Waals surface area contributed by atoms with E-state index in [4.69, 9.17) is 6.42 Å². The summed E-state index contributed by atoms with van der Waals surface area (Å²) in [7, 11) is -3.12. The molecule has 1 aromatic rings. The van der Waals surface area contributed by atoms with Gasteiger partial charge in [-0.05, 0) is 30.7 Å². The summed E-state index contributed by atoms with van der Waals surface area (Å²) < 4.78 is 23.3. The smallest absolute Gasteiger partial charge is 0.178 e. The van der Waals surface area contributed by atoms with E-state index >= 15 is 0 Å². The lowest BCUT2D eigenvalue weighted by molar-refractivity contribution is 0.597. The van der Waals surface area contributed by atoms with Gasteiger partial charge in [0, 0.05) is 18.2 Å². The second-order valence-electron chi connectivity index (χ2n) is 4.09. The summed E-state index contributed by atoms with van der Waals surface area (Å²) in [6.45, 7) is 3.70. The number of hydrogen-bond acceptors (Lipinski definition) is 3. The van der Waals surface area contributed by atoms with Crippen LogP contribution < -0.4 is 5.32 Å². The van der Waals surface area contributed by atoms with Gasteiger partial charge in [-0.25, -0.2) is 8.42 Å². The fourth-order valence-electron chi connectivity index (χ4n) is 1.60. The monoisotopic (exact) mass is 265 g/mol. The number of nitrogens with one attached hydrogen (secondary N) is 1. The number of benzene rings is 1. The van der Waals surface area contributed by atoms with Crippen molar-refractivity contribution in [3.8, 4) is 12.3 Å². The average Bonchev–Trinajstić information content (AvgIpc) is 2.39. The number of sulfone groups is 1. The number of terminal acetylenes is 1. The lowest BCUT2D eigenvalue weighted by Gasteiger charge is -2.15. The normalized spacial score (nSPS) is 12.7. The van der Waals surface area contributed by atoms with Gasteiger partial charge in [-0.15, -0.1) is 12.3 Å². The van der Waals surface area contributed by atoms with Gasteiger partial charge in [-0.1, -0.05) is 13.8 Å². The van der Waals surface area contributed by atoms with Gasteiger partial charge in [0.15, 0.2) is 9.84 Å². The van der Waals surface area contributed by atoms with E-state index in [2.05, 4.69) is 18.2 Å². The van der Waals surface area contributed by atoms with Gasteiger partial charge in [-0.3, -0.25) is 0 Å². The summed E-state index contributed by atoms with van der Waals surface area (Å²) in [5.74, 6) is 2.74. The highest BCUT2D eigenvalue weighted by atomic mass is 32.2. The number of rotatable bonds is 6. The molecule has 0 radical (unpaired) electrons. The summed E-state index contributed by atoms with van der Waals surface area (Å²) in [5.41, 5.74) is 0.896. The highest BCUT2D eigenvalue weighted by Gasteiger charge is 2.11. The van der Waals surface area contributed by atoms with Crippen molar-refractivity contribution in [2.24, 2.45) is 0 Å². The van der Waals surface area contributed by atoms with Crippen LogP contribution in [0.4, 0.5) is 5.69 Å². The van der Waals surface area contributed by atoms with Crippen molar-refractivity contribution in [2.45, 2.75) is 37.6 Å². The topological polar surface area (TPSA) is 46.2 Å². The first-order valence-corrected chi connectivity index (χ1v) is 7.71. The predicted octanol–water partition coefficient (Wildman–Crippen LogP) is 2.69. The Bertz CT molecular complexity index is 512. The van der Waals surface area contributed by atoms with Crippen molar-refractivity contribution in [2.75, 3.05) is 11.1 Å². The molecule has 18 heavy (non-hydrogen) atoms. The molecular formula is C14H19NO2S. The second kappa shape index (κ2) is 6.46. The molecule has 1 rings (SSSR count). The molecule has 0 aliphatic heterocycles. The first-order valence-electron chi connectivity index (χ1n) is 6.06. The Kier molecular flexibility index (Phi) is 5.24. The van der Waals surface area contributed by atoms with Gasteiger partial charge >= 0.3 is 0 Å². The summed E-state index contributed by atoms with van der Waals surface area (Å²) >= 11 is 0. The number of anilines is 1. The van der Waals surface area contributed by atoms with Crippen LogP contribution in [-0.4, -0.2) is 20.2 Å². The maximum absolute atomic E-state index is 11.6. The van der Waals surface area contributed by atoms with Crippen molar-refractivity contribution >= 4 is 15.5 Å². The fraction of sp³-hybridized carbons (Fsp3) is 0.429. The van der Waals surface area contributed by atoms with Crippen molar-refractivity contribution < 1.29 is 8.42 Å². The van der Waals surface area contributed by atoms with E-state index in [-0.39, 0.29) is 11.8 Å². The molecule has 0 amide bonds. The molecule has 0 saturated heterocycles. The molecule has 0 fully saturated rings. The van der Waals surface area contributed by atoms with Gasteiger partial charge in [0.1, 0.15) is 0 Å². The Morgan fingerprint density at radius 3 is 2.33 bits per heavy atom.